The lowest BCUT2D eigenvalue weighted by Crippen LogP contribution is -2.04. The molecule has 1 unspecified atom stereocenters. The Kier molecular flexibility index (Phi) is 8.61. The molecule has 0 N–H and O–H groups in total. The van der Waals surface area contributed by atoms with Crippen LogP contribution < -0.4 is 0 Å². The van der Waals surface area contributed by atoms with Gasteiger partial charge in [-0.3, -0.25) is 4.57 Å². The summed E-state index contributed by atoms with van der Waals surface area (Å²) in [7, 11) is 0. The van der Waals surface area contributed by atoms with Crippen LogP contribution >= 0.6 is 0 Å². The first-order valence-electron chi connectivity index (χ1n) is 19.9. The lowest BCUT2D eigenvalue weighted by Gasteiger charge is -2.23. The van der Waals surface area contributed by atoms with Gasteiger partial charge in [-0.2, -0.15) is 0 Å². The van der Waals surface area contributed by atoms with Crippen LogP contribution in [0.1, 0.15) is 25.0 Å². The molecular formula is C55H42N2. The highest BCUT2D eigenvalue weighted by molar-refractivity contribution is 6.24. The van der Waals surface area contributed by atoms with Crippen LogP contribution in [0.15, 0.2) is 189 Å². The number of benzene rings is 8. The Morgan fingerprint density at radius 1 is 0.649 bits per heavy atom. The molecule has 1 aliphatic carbocycles. The van der Waals surface area contributed by atoms with Crippen molar-refractivity contribution in [1.29, 1.82) is 0 Å². The summed E-state index contributed by atoms with van der Waals surface area (Å²) >= 11 is 0. The Morgan fingerprint density at radius 2 is 1.30 bits per heavy atom. The Labute approximate surface area is 334 Å². The van der Waals surface area contributed by atoms with Crippen LogP contribution in [-0.4, -0.2) is 9.55 Å². The second kappa shape index (κ2) is 14.2. The number of rotatable bonds is 7. The van der Waals surface area contributed by atoms with E-state index in [0.29, 0.717) is 5.92 Å². The van der Waals surface area contributed by atoms with E-state index in [0.717, 1.165) is 40.1 Å². The molecule has 1 heterocycles. The van der Waals surface area contributed by atoms with Crippen LogP contribution in [0.2, 0.25) is 0 Å². The van der Waals surface area contributed by atoms with E-state index in [9.17, 15) is 0 Å². The predicted molar refractivity (Wildman–Crippen MR) is 245 cm³/mol. The van der Waals surface area contributed by atoms with Gasteiger partial charge in [0.25, 0.3) is 0 Å². The molecule has 0 saturated carbocycles. The van der Waals surface area contributed by atoms with Crippen molar-refractivity contribution in [1.82, 2.24) is 9.55 Å². The van der Waals surface area contributed by atoms with Gasteiger partial charge in [0.1, 0.15) is 5.82 Å². The van der Waals surface area contributed by atoms with Gasteiger partial charge in [0.2, 0.25) is 0 Å². The molecule has 1 aromatic heterocycles. The van der Waals surface area contributed by atoms with E-state index in [-0.39, 0.29) is 0 Å². The number of para-hydroxylation sites is 2. The summed E-state index contributed by atoms with van der Waals surface area (Å²) in [6.45, 7) is 8.48. The minimum absolute atomic E-state index is 0.522. The van der Waals surface area contributed by atoms with E-state index in [1.54, 1.807) is 0 Å². The second-order valence-corrected chi connectivity index (χ2v) is 15.2. The van der Waals surface area contributed by atoms with Gasteiger partial charge in [-0.1, -0.05) is 171 Å². The third-order valence-electron chi connectivity index (χ3n) is 11.6. The summed E-state index contributed by atoms with van der Waals surface area (Å²) < 4.78 is 2.20. The number of allylic oxidation sites excluding steroid dienone is 6. The predicted octanol–water partition coefficient (Wildman–Crippen LogP) is 15.0. The van der Waals surface area contributed by atoms with Crippen molar-refractivity contribution in [3.05, 3.63) is 200 Å². The average molecular weight is 731 g/mol. The van der Waals surface area contributed by atoms with Gasteiger partial charge in [-0.25, -0.2) is 4.98 Å². The van der Waals surface area contributed by atoms with Gasteiger partial charge >= 0.3 is 0 Å². The molecule has 2 nitrogen and oxygen atoms in total. The Hall–Kier alpha value is -7.03. The van der Waals surface area contributed by atoms with Crippen LogP contribution in [0.5, 0.6) is 0 Å². The molecule has 0 fully saturated rings. The van der Waals surface area contributed by atoms with Crippen LogP contribution in [0.25, 0.3) is 99.9 Å². The molecule has 0 bridgehead atoms. The molecule has 0 aliphatic heterocycles. The van der Waals surface area contributed by atoms with Gasteiger partial charge < -0.3 is 0 Å². The maximum atomic E-state index is 5.12. The second-order valence-electron chi connectivity index (χ2n) is 15.2. The quantitative estimate of drug-likeness (QED) is 0.118. The zero-order valence-corrected chi connectivity index (χ0v) is 32.3. The fourth-order valence-corrected chi connectivity index (χ4v) is 8.98. The van der Waals surface area contributed by atoms with E-state index in [1.165, 1.54) is 71.3 Å². The number of nitrogens with zero attached hydrogens (tertiary/aromatic N) is 2. The zero-order valence-electron chi connectivity index (χ0n) is 32.3. The largest absolute Gasteiger partial charge is 0.292 e. The fourth-order valence-electron chi connectivity index (χ4n) is 8.98. The summed E-state index contributed by atoms with van der Waals surface area (Å²) in [4.78, 5) is 5.12. The maximum absolute atomic E-state index is 5.12. The lowest BCUT2D eigenvalue weighted by molar-refractivity contribution is 0.717. The Balaban J connectivity index is 1.21. The molecule has 1 aliphatic rings. The van der Waals surface area contributed by atoms with E-state index in [1.807, 2.05) is 31.2 Å². The summed E-state index contributed by atoms with van der Waals surface area (Å²) in [6, 6.07) is 55.7. The number of hydrogen-bond donors (Lipinski definition) is 0. The molecule has 2 heteroatoms. The van der Waals surface area contributed by atoms with Gasteiger partial charge in [-0.05, 0) is 126 Å². The van der Waals surface area contributed by atoms with Crippen molar-refractivity contribution in [3.8, 4) is 44.8 Å². The number of hydrogen-bond acceptors (Lipinski definition) is 1. The average Bonchev–Trinajstić information content (AvgIpc) is 3.65. The van der Waals surface area contributed by atoms with Gasteiger partial charge in [0.05, 0.1) is 11.0 Å². The summed E-state index contributed by atoms with van der Waals surface area (Å²) in [5, 5.41) is 7.55. The molecule has 57 heavy (non-hydrogen) atoms. The summed E-state index contributed by atoms with van der Waals surface area (Å²) in [6.07, 6.45) is 13.8. The van der Waals surface area contributed by atoms with Crippen LogP contribution in [0.3, 0.4) is 0 Å². The first kappa shape index (κ1) is 34.5. The highest BCUT2D eigenvalue weighted by atomic mass is 15.1. The van der Waals surface area contributed by atoms with Crippen molar-refractivity contribution in [3.63, 3.8) is 0 Å². The third kappa shape index (κ3) is 5.84. The van der Waals surface area contributed by atoms with E-state index in [2.05, 4.69) is 182 Å². The highest BCUT2D eigenvalue weighted by Gasteiger charge is 2.22. The highest BCUT2D eigenvalue weighted by Crippen LogP contribution is 2.48. The summed E-state index contributed by atoms with van der Waals surface area (Å²) in [5.41, 5.74) is 14.2. The number of imidazole rings is 1. The SMILES string of the molecule is C=C/C(=C\C=C/C)n1c(-c2ccc(-c3ccc4c(-c5cccc6ccccc56)c5ccccc5c(-c5cccc6c5C=CC(C)C6)c4c3)cc2)nc2ccccc21. The standard InChI is InChI=1S/C55H42N2/c1-4-6-18-42(5-2)57-52-25-12-11-24-51(52)56-55(57)39-29-27-37(28-30-39)40-31-33-49-50(35-40)54(46-23-14-17-41-34-36(3)26-32-44(41)46)48-21-10-9-20-47(48)53(49)45-22-13-16-38-15-7-8-19-43(38)45/h4-33,35-36H,2,34H2,1,3H3/b6-4-,42-18+. The first-order valence-corrected chi connectivity index (χ1v) is 19.9. The Bertz CT molecular complexity index is 3130. The zero-order chi connectivity index (χ0) is 38.5. The van der Waals surface area contributed by atoms with Gasteiger partial charge in [0, 0.05) is 11.3 Å². The fraction of sp³-hybridized carbons (Fsp3) is 0.0727. The molecular weight excluding hydrogens is 689 g/mol. The lowest BCUT2D eigenvalue weighted by atomic mass is 9.80. The van der Waals surface area contributed by atoms with Crippen LogP contribution in [0.4, 0.5) is 0 Å². The molecule has 272 valence electrons. The topological polar surface area (TPSA) is 17.8 Å². The molecule has 0 radical (unpaired) electrons. The van der Waals surface area contributed by atoms with Crippen molar-refractivity contribution in [2.24, 2.45) is 5.92 Å². The molecule has 0 spiro atoms. The van der Waals surface area contributed by atoms with E-state index < -0.39 is 0 Å². The molecule has 1 atom stereocenters. The van der Waals surface area contributed by atoms with Crippen molar-refractivity contribution >= 4 is 55.1 Å². The molecule has 0 amide bonds. The van der Waals surface area contributed by atoms with Crippen molar-refractivity contribution in [2.45, 2.75) is 20.3 Å². The molecule has 10 rings (SSSR count). The van der Waals surface area contributed by atoms with Crippen molar-refractivity contribution < 1.29 is 0 Å². The maximum Gasteiger partial charge on any atom is 0.145 e. The number of fused-ring (bicyclic) bond motifs is 5. The van der Waals surface area contributed by atoms with Crippen molar-refractivity contribution in [2.75, 3.05) is 0 Å². The van der Waals surface area contributed by atoms with Crippen LogP contribution in [-0.2, 0) is 6.42 Å². The minimum atomic E-state index is 0.522. The minimum Gasteiger partial charge on any atom is -0.292 e. The number of aromatic nitrogens is 2. The normalized spacial score (nSPS) is 14.3. The van der Waals surface area contributed by atoms with E-state index in [4.69, 9.17) is 4.98 Å². The third-order valence-corrected chi connectivity index (χ3v) is 11.6. The van der Waals surface area contributed by atoms with E-state index >= 15 is 0 Å². The van der Waals surface area contributed by atoms with Gasteiger partial charge in [0.15, 0.2) is 0 Å². The smallest absolute Gasteiger partial charge is 0.145 e. The monoisotopic (exact) mass is 730 g/mol. The Morgan fingerprint density at radius 3 is 2.11 bits per heavy atom. The molecule has 9 aromatic rings. The molecule has 8 aromatic carbocycles. The van der Waals surface area contributed by atoms with Gasteiger partial charge in [-0.15, -0.1) is 0 Å². The first-order chi connectivity index (χ1) is 28.1. The summed E-state index contributed by atoms with van der Waals surface area (Å²) in [5.74, 6) is 1.41. The van der Waals surface area contributed by atoms with Crippen LogP contribution in [0, 0.1) is 5.92 Å². The molecule has 0 saturated heterocycles.